The van der Waals surface area contributed by atoms with Crippen molar-refractivity contribution in [2.24, 2.45) is 4.99 Å². The van der Waals surface area contributed by atoms with Crippen LogP contribution in [0, 0.1) is 0 Å². The van der Waals surface area contributed by atoms with Gasteiger partial charge in [-0.25, -0.2) is 4.98 Å². The molecule has 0 bridgehead atoms. The number of halogens is 1. The summed E-state index contributed by atoms with van der Waals surface area (Å²) in [6.45, 7) is 2.54. The van der Waals surface area contributed by atoms with E-state index in [0.29, 0.717) is 18.5 Å². The maximum atomic E-state index is 5.49. The number of nitrogens with zero attached hydrogens (tertiary/aromatic N) is 3. The smallest absolute Gasteiger partial charge is 0.212 e. The third kappa shape index (κ3) is 5.63. The van der Waals surface area contributed by atoms with Crippen molar-refractivity contribution in [3.63, 3.8) is 0 Å². The molecule has 2 aromatic rings. The lowest BCUT2D eigenvalue weighted by molar-refractivity contribution is 0.397. The number of aliphatic imine (C=N–C) groups is 1. The van der Waals surface area contributed by atoms with Gasteiger partial charge < -0.3 is 25.0 Å². The summed E-state index contributed by atoms with van der Waals surface area (Å²) in [5.41, 5.74) is 2.21. The molecule has 1 aromatic carbocycles. The third-order valence-corrected chi connectivity index (χ3v) is 4.65. The molecule has 8 heteroatoms. The molecule has 0 aliphatic carbocycles. The number of rotatable bonds is 6. The number of hydrogen-bond acceptors (Lipinski definition) is 5. The van der Waals surface area contributed by atoms with Crippen molar-refractivity contribution < 1.29 is 9.47 Å². The number of guanidine groups is 1. The summed E-state index contributed by atoms with van der Waals surface area (Å²) >= 11 is 0. The molecule has 0 spiro atoms. The molecule has 2 heterocycles. The van der Waals surface area contributed by atoms with E-state index in [2.05, 4.69) is 31.6 Å². The highest BCUT2D eigenvalue weighted by atomic mass is 127. The van der Waals surface area contributed by atoms with Crippen molar-refractivity contribution in [1.29, 1.82) is 0 Å². The SMILES string of the molecule is CN=C(NCc1ccc(OC)nc1)NC1CCN(c2ccccc2OC)C1.I. The van der Waals surface area contributed by atoms with Gasteiger partial charge in [-0.2, -0.15) is 0 Å². The van der Waals surface area contributed by atoms with E-state index in [4.69, 9.17) is 9.47 Å². The quantitative estimate of drug-likeness (QED) is 0.364. The number of nitrogens with one attached hydrogen (secondary N) is 2. The fraction of sp³-hybridized carbons (Fsp3) is 0.400. The topological polar surface area (TPSA) is 71.0 Å². The molecule has 7 nitrogen and oxygen atoms in total. The maximum Gasteiger partial charge on any atom is 0.212 e. The van der Waals surface area contributed by atoms with Gasteiger partial charge in [0.2, 0.25) is 5.88 Å². The fourth-order valence-corrected chi connectivity index (χ4v) is 3.20. The molecule has 2 N–H and O–H groups in total. The second-order valence-corrected chi connectivity index (χ2v) is 6.38. The Morgan fingerprint density at radius 1 is 1.21 bits per heavy atom. The molecule has 1 aliphatic heterocycles. The van der Waals surface area contributed by atoms with E-state index < -0.39 is 0 Å². The number of para-hydroxylation sites is 2. The number of anilines is 1. The van der Waals surface area contributed by atoms with Crippen LogP contribution in [0.15, 0.2) is 47.6 Å². The molecule has 1 atom stereocenters. The molecule has 1 aliphatic rings. The van der Waals surface area contributed by atoms with Crippen LogP contribution >= 0.6 is 24.0 Å². The van der Waals surface area contributed by atoms with Gasteiger partial charge in [0.15, 0.2) is 5.96 Å². The molecule has 1 saturated heterocycles. The van der Waals surface area contributed by atoms with Crippen molar-refractivity contribution >= 4 is 35.6 Å². The molecule has 0 saturated carbocycles. The Balaban J connectivity index is 0.00000280. The monoisotopic (exact) mass is 497 g/mol. The van der Waals surface area contributed by atoms with E-state index in [0.717, 1.165) is 42.5 Å². The molecule has 152 valence electrons. The van der Waals surface area contributed by atoms with Crippen LogP contribution in [0.5, 0.6) is 11.6 Å². The van der Waals surface area contributed by atoms with Crippen LogP contribution in [0.3, 0.4) is 0 Å². The average molecular weight is 497 g/mol. The van der Waals surface area contributed by atoms with E-state index in [1.54, 1.807) is 27.5 Å². The average Bonchev–Trinajstić information content (AvgIpc) is 3.19. The van der Waals surface area contributed by atoms with Gasteiger partial charge in [-0.15, -0.1) is 24.0 Å². The first-order valence-corrected chi connectivity index (χ1v) is 9.07. The lowest BCUT2D eigenvalue weighted by Crippen LogP contribution is -2.44. The van der Waals surface area contributed by atoms with Crippen molar-refractivity contribution in [3.8, 4) is 11.6 Å². The normalized spacial score (nSPS) is 16.3. The Morgan fingerprint density at radius 2 is 2.04 bits per heavy atom. The number of aromatic nitrogens is 1. The highest BCUT2D eigenvalue weighted by Gasteiger charge is 2.25. The van der Waals surface area contributed by atoms with Crippen molar-refractivity contribution in [1.82, 2.24) is 15.6 Å². The van der Waals surface area contributed by atoms with Gasteiger partial charge in [-0.3, -0.25) is 4.99 Å². The van der Waals surface area contributed by atoms with Gasteiger partial charge in [0, 0.05) is 45.0 Å². The summed E-state index contributed by atoms with van der Waals surface area (Å²) in [5.74, 6) is 2.31. The lowest BCUT2D eigenvalue weighted by atomic mass is 10.2. The molecule has 0 amide bonds. The molecule has 1 unspecified atom stereocenters. The fourth-order valence-electron chi connectivity index (χ4n) is 3.20. The minimum atomic E-state index is 0. The van der Waals surface area contributed by atoms with Crippen molar-refractivity contribution in [2.75, 3.05) is 39.3 Å². The van der Waals surface area contributed by atoms with Crippen LogP contribution in [-0.4, -0.2) is 51.3 Å². The first kappa shape index (κ1) is 22.1. The summed E-state index contributed by atoms with van der Waals surface area (Å²) in [6, 6.07) is 12.3. The van der Waals surface area contributed by atoms with Crippen LogP contribution in [0.4, 0.5) is 5.69 Å². The second-order valence-electron chi connectivity index (χ2n) is 6.38. The number of ether oxygens (including phenoxy) is 2. The van der Waals surface area contributed by atoms with E-state index in [1.165, 1.54) is 0 Å². The summed E-state index contributed by atoms with van der Waals surface area (Å²) in [5, 5.41) is 6.85. The van der Waals surface area contributed by atoms with Gasteiger partial charge in [0.25, 0.3) is 0 Å². The summed E-state index contributed by atoms with van der Waals surface area (Å²) in [4.78, 5) is 10.9. The summed E-state index contributed by atoms with van der Waals surface area (Å²) in [7, 11) is 5.11. The van der Waals surface area contributed by atoms with Crippen molar-refractivity contribution in [3.05, 3.63) is 48.2 Å². The van der Waals surface area contributed by atoms with Crippen LogP contribution in [0.1, 0.15) is 12.0 Å². The van der Waals surface area contributed by atoms with Gasteiger partial charge in [0.05, 0.1) is 19.9 Å². The zero-order valence-corrected chi connectivity index (χ0v) is 18.8. The second kappa shape index (κ2) is 10.9. The Morgan fingerprint density at radius 3 is 2.71 bits per heavy atom. The van der Waals surface area contributed by atoms with E-state index in [9.17, 15) is 0 Å². The first-order chi connectivity index (χ1) is 13.2. The Hall–Kier alpha value is -2.23. The molecular formula is C20H28IN5O2. The number of benzene rings is 1. The zero-order valence-electron chi connectivity index (χ0n) is 16.5. The van der Waals surface area contributed by atoms with Crippen LogP contribution in [-0.2, 0) is 6.54 Å². The van der Waals surface area contributed by atoms with Gasteiger partial charge in [0.1, 0.15) is 5.75 Å². The molecular weight excluding hydrogens is 469 g/mol. The van der Waals surface area contributed by atoms with E-state index >= 15 is 0 Å². The number of methoxy groups -OCH3 is 2. The molecule has 28 heavy (non-hydrogen) atoms. The van der Waals surface area contributed by atoms with E-state index in [1.807, 2.05) is 30.3 Å². The highest BCUT2D eigenvalue weighted by molar-refractivity contribution is 14.0. The van der Waals surface area contributed by atoms with Crippen LogP contribution < -0.4 is 25.0 Å². The molecule has 0 radical (unpaired) electrons. The van der Waals surface area contributed by atoms with E-state index in [-0.39, 0.29) is 24.0 Å². The highest BCUT2D eigenvalue weighted by Crippen LogP contribution is 2.30. The van der Waals surface area contributed by atoms with Gasteiger partial charge in [-0.05, 0) is 24.1 Å². The Kier molecular flexibility index (Phi) is 8.62. The van der Waals surface area contributed by atoms with Crippen LogP contribution in [0.25, 0.3) is 0 Å². The molecule has 3 rings (SSSR count). The zero-order chi connectivity index (χ0) is 19.1. The standard InChI is InChI=1S/C20H27N5O2.HI/c1-21-20(23-13-15-8-9-19(27-3)22-12-15)24-16-10-11-25(14-16)17-6-4-5-7-18(17)26-2;/h4-9,12,16H,10-11,13-14H2,1-3H3,(H2,21,23,24);1H. The predicted octanol–water partition coefficient (Wildman–Crippen LogP) is 2.66. The van der Waals surface area contributed by atoms with Gasteiger partial charge >= 0.3 is 0 Å². The minimum Gasteiger partial charge on any atom is -0.495 e. The Bertz CT molecular complexity index is 769. The third-order valence-electron chi connectivity index (χ3n) is 4.65. The molecule has 1 aromatic heterocycles. The van der Waals surface area contributed by atoms with Crippen molar-refractivity contribution in [2.45, 2.75) is 19.0 Å². The minimum absolute atomic E-state index is 0. The summed E-state index contributed by atoms with van der Waals surface area (Å²) in [6.07, 6.45) is 2.85. The predicted molar refractivity (Wildman–Crippen MR) is 123 cm³/mol. The largest absolute Gasteiger partial charge is 0.495 e. The Labute approximate surface area is 183 Å². The molecule has 1 fully saturated rings. The lowest BCUT2D eigenvalue weighted by Gasteiger charge is -2.22. The summed E-state index contributed by atoms with van der Waals surface area (Å²) < 4.78 is 10.6. The van der Waals surface area contributed by atoms with Gasteiger partial charge in [-0.1, -0.05) is 18.2 Å². The van der Waals surface area contributed by atoms with Crippen LogP contribution in [0.2, 0.25) is 0 Å². The first-order valence-electron chi connectivity index (χ1n) is 9.07. The maximum absolute atomic E-state index is 5.49. The number of hydrogen-bond donors (Lipinski definition) is 2. The number of pyridine rings is 1.